The first-order valence-electron chi connectivity index (χ1n) is 12.0. The second-order valence-electron chi connectivity index (χ2n) is 9.04. The molecule has 1 amide bonds. The van der Waals surface area contributed by atoms with Gasteiger partial charge in [-0.25, -0.2) is 0 Å². The van der Waals surface area contributed by atoms with Gasteiger partial charge in [-0.05, 0) is 29.8 Å². The lowest BCUT2D eigenvalue weighted by Crippen LogP contribution is -2.60. The van der Waals surface area contributed by atoms with Crippen LogP contribution in [0.15, 0.2) is 71.6 Å². The van der Waals surface area contributed by atoms with Crippen molar-refractivity contribution in [2.45, 2.75) is 30.0 Å². The summed E-state index contributed by atoms with van der Waals surface area (Å²) in [7, 11) is -4.18. The highest BCUT2D eigenvalue weighted by Crippen LogP contribution is 2.42. The van der Waals surface area contributed by atoms with E-state index in [-0.39, 0.29) is 22.3 Å². The van der Waals surface area contributed by atoms with Gasteiger partial charge in [-0.2, -0.15) is 8.42 Å². The summed E-state index contributed by atoms with van der Waals surface area (Å²) in [5.41, 5.74) is 0.433. The molecule has 0 saturated carbocycles. The monoisotopic (exact) mass is 523 g/mol. The molecule has 192 valence electrons. The molecular weight excluding hydrogens is 498 g/mol. The van der Waals surface area contributed by atoms with Crippen molar-refractivity contribution in [1.82, 2.24) is 4.90 Å². The zero-order valence-electron chi connectivity index (χ0n) is 19.9. The van der Waals surface area contributed by atoms with Crippen LogP contribution in [-0.4, -0.2) is 51.4 Å². The first-order valence-corrected chi connectivity index (χ1v) is 13.5. The number of benzene rings is 3. The van der Waals surface area contributed by atoms with E-state index < -0.39 is 15.8 Å². The van der Waals surface area contributed by atoms with Gasteiger partial charge >= 0.3 is 10.1 Å². The lowest BCUT2D eigenvalue weighted by molar-refractivity contribution is -0.137. The van der Waals surface area contributed by atoms with Gasteiger partial charge in [-0.3, -0.25) is 9.69 Å². The predicted molar refractivity (Wildman–Crippen MR) is 131 cm³/mol. The largest absolute Gasteiger partial charge is 0.486 e. The molecule has 6 rings (SSSR count). The molecule has 0 unspecified atom stereocenters. The topological polar surface area (TPSA) is 101 Å². The Labute approximate surface area is 214 Å². The number of hydrogen-bond acceptors (Lipinski definition) is 8. The van der Waals surface area contributed by atoms with Crippen LogP contribution in [-0.2, 0) is 21.4 Å². The maximum Gasteiger partial charge on any atom is 0.339 e. The molecule has 3 aliphatic rings. The molecule has 3 aliphatic heterocycles. The molecule has 10 heteroatoms. The number of carbonyl (C=O) groups excluding carboxylic acids is 1. The summed E-state index contributed by atoms with van der Waals surface area (Å²) in [5, 5.41) is 0. The van der Waals surface area contributed by atoms with Gasteiger partial charge in [0, 0.05) is 31.5 Å². The minimum absolute atomic E-state index is 0.0418. The average Bonchev–Trinajstić information content (AvgIpc) is 2.91. The molecule has 0 aliphatic carbocycles. The smallest absolute Gasteiger partial charge is 0.339 e. The first kappa shape index (κ1) is 23.6. The summed E-state index contributed by atoms with van der Waals surface area (Å²) in [4.78, 5) is 15.4. The molecule has 1 fully saturated rings. The van der Waals surface area contributed by atoms with Crippen LogP contribution in [0, 0.1) is 0 Å². The highest BCUT2D eigenvalue weighted by atomic mass is 32.2. The minimum Gasteiger partial charge on any atom is -0.486 e. The lowest BCUT2D eigenvalue weighted by Gasteiger charge is -2.48. The van der Waals surface area contributed by atoms with Crippen molar-refractivity contribution in [2.75, 3.05) is 26.4 Å². The van der Waals surface area contributed by atoms with E-state index in [0.29, 0.717) is 62.9 Å². The van der Waals surface area contributed by atoms with Crippen LogP contribution >= 0.6 is 0 Å². The van der Waals surface area contributed by atoms with Gasteiger partial charge in [0.1, 0.15) is 29.6 Å². The minimum atomic E-state index is -4.18. The normalized spacial score (nSPS) is 18.2. The summed E-state index contributed by atoms with van der Waals surface area (Å²) in [5.74, 6) is 0.961. The van der Waals surface area contributed by atoms with Crippen molar-refractivity contribution in [3.05, 3.63) is 77.9 Å². The second-order valence-corrected chi connectivity index (χ2v) is 10.6. The number of fused-ring (bicyclic) bond motifs is 2. The Morgan fingerprint density at radius 1 is 0.838 bits per heavy atom. The molecule has 0 N–H and O–H groups in total. The average molecular weight is 524 g/mol. The zero-order valence-corrected chi connectivity index (χ0v) is 20.7. The Kier molecular flexibility index (Phi) is 5.92. The second kappa shape index (κ2) is 9.28. The molecule has 1 spiro atoms. The van der Waals surface area contributed by atoms with Crippen molar-refractivity contribution < 1.29 is 36.3 Å². The van der Waals surface area contributed by atoms with E-state index in [0.717, 1.165) is 5.56 Å². The summed E-state index contributed by atoms with van der Waals surface area (Å²) in [6, 6.07) is 18.5. The maximum atomic E-state index is 13.7. The number of hydrogen-bond donors (Lipinski definition) is 0. The molecule has 0 atom stereocenters. The van der Waals surface area contributed by atoms with E-state index in [4.69, 9.17) is 23.1 Å². The van der Waals surface area contributed by atoms with Gasteiger partial charge in [-0.1, -0.05) is 30.3 Å². The van der Waals surface area contributed by atoms with Gasteiger partial charge in [0.25, 0.3) is 5.91 Å². The Morgan fingerprint density at radius 2 is 1.59 bits per heavy atom. The van der Waals surface area contributed by atoms with Crippen LogP contribution in [0.4, 0.5) is 0 Å². The summed E-state index contributed by atoms with van der Waals surface area (Å²) >= 11 is 0. The third kappa shape index (κ3) is 4.47. The van der Waals surface area contributed by atoms with Crippen LogP contribution in [0.5, 0.6) is 23.0 Å². The van der Waals surface area contributed by atoms with Gasteiger partial charge in [-0.15, -0.1) is 0 Å². The SMILES string of the molecule is O=C1c2ccc(OS(=O)(=O)c3ccc4c(c3)OCCO4)cc2OC2(CCOCC2)N1Cc1ccccc1. The number of carbonyl (C=O) groups is 1. The van der Waals surface area contributed by atoms with Gasteiger partial charge in [0.05, 0.1) is 18.8 Å². The van der Waals surface area contributed by atoms with Gasteiger partial charge in [0.2, 0.25) is 0 Å². The Morgan fingerprint density at radius 3 is 2.38 bits per heavy atom. The van der Waals surface area contributed by atoms with Crippen molar-refractivity contribution in [1.29, 1.82) is 0 Å². The van der Waals surface area contributed by atoms with Crippen molar-refractivity contribution in [2.24, 2.45) is 0 Å². The van der Waals surface area contributed by atoms with Gasteiger partial charge in [0.15, 0.2) is 17.2 Å². The first-order chi connectivity index (χ1) is 17.9. The maximum absolute atomic E-state index is 13.7. The quantitative estimate of drug-likeness (QED) is 0.466. The van der Waals surface area contributed by atoms with Crippen molar-refractivity contribution >= 4 is 16.0 Å². The van der Waals surface area contributed by atoms with Crippen molar-refractivity contribution in [3.8, 4) is 23.0 Å². The van der Waals surface area contributed by atoms with E-state index in [1.54, 1.807) is 4.90 Å². The van der Waals surface area contributed by atoms with Gasteiger partial charge < -0.3 is 23.1 Å². The third-order valence-electron chi connectivity index (χ3n) is 6.69. The van der Waals surface area contributed by atoms with E-state index >= 15 is 0 Å². The number of rotatable bonds is 5. The molecule has 3 aromatic rings. The van der Waals surface area contributed by atoms with Crippen LogP contribution in [0.3, 0.4) is 0 Å². The number of amides is 1. The Bertz CT molecular complexity index is 1430. The molecule has 9 nitrogen and oxygen atoms in total. The molecule has 0 radical (unpaired) electrons. The summed E-state index contributed by atoms with van der Waals surface area (Å²) in [6.07, 6.45) is 0.983. The summed E-state index contributed by atoms with van der Waals surface area (Å²) < 4.78 is 54.4. The van der Waals surface area contributed by atoms with Crippen LogP contribution in [0.1, 0.15) is 28.8 Å². The van der Waals surface area contributed by atoms with E-state index in [1.165, 1.54) is 36.4 Å². The van der Waals surface area contributed by atoms with Crippen molar-refractivity contribution in [3.63, 3.8) is 0 Å². The fraction of sp³-hybridized carbons (Fsp3) is 0.296. The lowest BCUT2D eigenvalue weighted by atomic mass is 9.96. The molecule has 0 bridgehead atoms. The molecule has 0 aromatic heterocycles. The van der Waals surface area contributed by atoms with Crippen LogP contribution in [0.2, 0.25) is 0 Å². The number of ether oxygens (including phenoxy) is 4. The van der Waals surface area contributed by atoms with E-state index in [1.807, 2.05) is 30.3 Å². The van der Waals surface area contributed by atoms with E-state index in [2.05, 4.69) is 0 Å². The molecule has 3 aromatic carbocycles. The zero-order chi connectivity index (χ0) is 25.5. The number of nitrogens with zero attached hydrogens (tertiary/aromatic N) is 1. The standard InChI is InChI=1S/C27H25NO8S/c29-26-22-8-6-20(36-37(30,31)21-7-9-23-25(17-21)34-15-14-33-23)16-24(22)35-27(10-12-32-13-11-27)28(26)18-19-4-2-1-3-5-19/h1-9,16-17H,10-15,18H2. The third-order valence-corrected chi connectivity index (χ3v) is 7.93. The van der Waals surface area contributed by atoms with E-state index in [9.17, 15) is 13.2 Å². The predicted octanol–water partition coefficient (Wildman–Crippen LogP) is 3.77. The van der Waals surface area contributed by atoms with Crippen LogP contribution < -0.4 is 18.4 Å². The molecule has 37 heavy (non-hydrogen) atoms. The fourth-order valence-corrected chi connectivity index (χ4v) is 5.74. The highest BCUT2D eigenvalue weighted by Gasteiger charge is 2.48. The van der Waals surface area contributed by atoms with Crippen LogP contribution in [0.25, 0.3) is 0 Å². The fourth-order valence-electron chi connectivity index (χ4n) is 4.80. The Balaban J connectivity index is 1.30. The summed E-state index contributed by atoms with van der Waals surface area (Å²) in [6.45, 7) is 2.02. The Hall–Kier alpha value is -3.76. The molecular formula is C27H25NO8S. The molecule has 3 heterocycles. The molecule has 1 saturated heterocycles. The highest BCUT2D eigenvalue weighted by molar-refractivity contribution is 7.87.